The third-order valence-corrected chi connectivity index (χ3v) is 12.3. The van der Waals surface area contributed by atoms with Gasteiger partial charge in [0.2, 0.25) is 5.95 Å². The van der Waals surface area contributed by atoms with Gasteiger partial charge in [0, 0.05) is 43.9 Å². The Labute approximate surface area is 343 Å². The number of aromatic nitrogens is 6. The van der Waals surface area contributed by atoms with E-state index in [1.165, 1.54) is 10.1 Å². The van der Waals surface area contributed by atoms with Crippen LogP contribution in [0, 0.1) is 0 Å². The summed E-state index contributed by atoms with van der Waals surface area (Å²) in [5.41, 5.74) is 11.5. The summed E-state index contributed by atoms with van der Waals surface area (Å²) in [6, 6.07) is 68.0. The van der Waals surface area contributed by atoms with E-state index in [0.29, 0.717) is 17.6 Å². The summed E-state index contributed by atoms with van der Waals surface area (Å²) in [6.07, 6.45) is 0. The first-order valence-electron chi connectivity index (χ1n) is 19.6. The molecule has 12 rings (SSSR count). The number of rotatable bonds is 6. The Balaban J connectivity index is 1.14. The van der Waals surface area contributed by atoms with E-state index in [4.69, 9.17) is 19.9 Å². The van der Waals surface area contributed by atoms with Gasteiger partial charge in [-0.3, -0.25) is 4.57 Å². The Bertz CT molecular complexity index is 3510. The Morgan fingerprint density at radius 1 is 0.356 bits per heavy atom. The Hall–Kier alpha value is -7.74. The van der Waals surface area contributed by atoms with Crippen molar-refractivity contribution in [3.8, 4) is 56.1 Å². The zero-order chi connectivity index (χ0) is 38.9. The van der Waals surface area contributed by atoms with Crippen LogP contribution in [-0.4, -0.2) is 29.1 Å². The van der Waals surface area contributed by atoms with Crippen molar-refractivity contribution in [3.63, 3.8) is 0 Å². The first kappa shape index (κ1) is 33.4. The second-order valence-electron chi connectivity index (χ2n) is 14.7. The van der Waals surface area contributed by atoms with E-state index in [0.717, 1.165) is 82.3 Å². The van der Waals surface area contributed by atoms with Crippen LogP contribution in [0.3, 0.4) is 0 Å². The van der Waals surface area contributed by atoms with Crippen LogP contribution < -0.4 is 0 Å². The van der Waals surface area contributed by atoms with Crippen LogP contribution in [0.2, 0.25) is 0 Å². The van der Waals surface area contributed by atoms with E-state index >= 15 is 0 Å². The monoisotopic (exact) mass is 772 g/mol. The molecular weight excluding hydrogens is 741 g/mol. The largest absolute Gasteiger partial charge is 0.307 e. The fourth-order valence-corrected chi connectivity index (χ4v) is 9.48. The highest BCUT2D eigenvalue weighted by atomic mass is 32.1. The minimum absolute atomic E-state index is 0.556. The molecule has 0 aliphatic rings. The molecule has 0 aliphatic carbocycles. The number of nitrogens with zero attached hydrogens (tertiary/aromatic N) is 6. The number of fused-ring (bicyclic) bond motifs is 8. The molecule has 0 amide bonds. The van der Waals surface area contributed by atoms with E-state index in [2.05, 4.69) is 173 Å². The molecule has 12 aromatic rings. The summed E-state index contributed by atoms with van der Waals surface area (Å²) in [5, 5.41) is 5.59. The van der Waals surface area contributed by atoms with Gasteiger partial charge in [-0.2, -0.15) is 9.97 Å². The average molecular weight is 773 g/mol. The molecule has 0 radical (unpaired) electrons. The van der Waals surface area contributed by atoms with E-state index < -0.39 is 0 Å². The van der Waals surface area contributed by atoms with E-state index in [-0.39, 0.29) is 0 Å². The lowest BCUT2D eigenvalue weighted by molar-refractivity contribution is 0.953. The zero-order valence-corrected chi connectivity index (χ0v) is 32.4. The quantitative estimate of drug-likeness (QED) is 0.169. The molecule has 59 heavy (non-hydrogen) atoms. The van der Waals surface area contributed by atoms with Gasteiger partial charge in [0.15, 0.2) is 11.6 Å². The Morgan fingerprint density at radius 2 is 0.915 bits per heavy atom. The molecule has 8 aromatic carbocycles. The van der Waals surface area contributed by atoms with E-state index in [1.807, 2.05) is 30.3 Å². The van der Waals surface area contributed by atoms with Crippen molar-refractivity contribution >= 4 is 65.2 Å². The maximum absolute atomic E-state index is 5.36. The highest BCUT2D eigenvalue weighted by Crippen LogP contribution is 2.42. The van der Waals surface area contributed by atoms with Gasteiger partial charge in [0.1, 0.15) is 5.01 Å². The van der Waals surface area contributed by atoms with Crippen LogP contribution in [-0.2, 0) is 0 Å². The summed E-state index contributed by atoms with van der Waals surface area (Å²) >= 11 is 1.72. The van der Waals surface area contributed by atoms with Crippen LogP contribution in [0.4, 0.5) is 0 Å². The summed E-state index contributed by atoms with van der Waals surface area (Å²) < 4.78 is 5.83. The van der Waals surface area contributed by atoms with E-state index in [1.54, 1.807) is 11.3 Å². The predicted octanol–water partition coefficient (Wildman–Crippen LogP) is 13.3. The number of benzene rings is 8. The molecule has 0 saturated carbocycles. The minimum atomic E-state index is 0.556. The second-order valence-corrected chi connectivity index (χ2v) is 15.7. The number of hydrogen-bond donors (Lipinski definition) is 0. The Kier molecular flexibility index (Phi) is 7.61. The zero-order valence-electron chi connectivity index (χ0n) is 31.6. The lowest BCUT2D eigenvalue weighted by atomic mass is 10.0. The molecule has 0 unspecified atom stereocenters. The molecule has 0 fully saturated rings. The van der Waals surface area contributed by atoms with Crippen molar-refractivity contribution < 1.29 is 0 Å². The van der Waals surface area contributed by atoms with Crippen molar-refractivity contribution in [3.05, 3.63) is 194 Å². The van der Waals surface area contributed by atoms with Gasteiger partial charge in [-0.25, -0.2) is 9.97 Å². The lowest BCUT2D eigenvalue weighted by Crippen LogP contribution is -2.07. The minimum Gasteiger partial charge on any atom is -0.307 e. The Morgan fingerprint density at radius 3 is 1.63 bits per heavy atom. The molecule has 4 aromatic heterocycles. The smallest absolute Gasteiger partial charge is 0.238 e. The van der Waals surface area contributed by atoms with E-state index in [9.17, 15) is 0 Å². The van der Waals surface area contributed by atoms with Crippen LogP contribution in [0.15, 0.2) is 194 Å². The fourth-order valence-electron chi connectivity index (χ4n) is 8.50. The van der Waals surface area contributed by atoms with Gasteiger partial charge >= 0.3 is 0 Å². The standard InChI is InChI=1S/C52H32N6S/c1-3-14-33(15-4-1)36-18-13-19-37(32-36)50-54-49(34-16-5-2-6-17-34)55-52(56-50)58-45-24-11-8-21-40(45)42-31-30-41-39-20-7-10-23-44(39)57(47(41)48(42)58)38-28-26-35(27-29-38)51-53-43-22-9-12-25-46(43)59-51/h1-32H. The number of thiazole rings is 1. The van der Waals surface area contributed by atoms with Gasteiger partial charge in [0.25, 0.3) is 0 Å². The number of hydrogen-bond acceptors (Lipinski definition) is 5. The maximum Gasteiger partial charge on any atom is 0.238 e. The molecule has 276 valence electrons. The average Bonchev–Trinajstić information content (AvgIpc) is 4.00. The summed E-state index contributed by atoms with van der Waals surface area (Å²) in [6.45, 7) is 0. The van der Waals surface area contributed by atoms with Crippen molar-refractivity contribution in [2.75, 3.05) is 0 Å². The van der Waals surface area contributed by atoms with Crippen LogP contribution in [0.5, 0.6) is 0 Å². The molecule has 0 saturated heterocycles. The predicted molar refractivity (Wildman–Crippen MR) is 243 cm³/mol. The van der Waals surface area contributed by atoms with Crippen molar-refractivity contribution in [2.45, 2.75) is 0 Å². The molecule has 0 N–H and O–H groups in total. The summed E-state index contributed by atoms with van der Waals surface area (Å²) in [5.74, 6) is 1.77. The molecule has 4 heterocycles. The third kappa shape index (κ3) is 5.47. The van der Waals surface area contributed by atoms with Gasteiger partial charge < -0.3 is 4.57 Å². The second kappa shape index (κ2) is 13.4. The van der Waals surface area contributed by atoms with Gasteiger partial charge in [0.05, 0.1) is 32.3 Å². The molecule has 0 bridgehead atoms. The first-order chi connectivity index (χ1) is 29.2. The third-order valence-electron chi connectivity index (χ3n) is 11.2. The first-order valence-corrected chi connectivity index (χ1v) is 20.5. The molecule has 0 spiro atoms. The SMILES string of the molecule is c1ccc(-c2cccc(-c3nc(-c4ccccc4)nc(-n4c5ccccc5c5ccc6c7ccccc7n(-c7ccc(-c8nc9ccccc9s8)cc7)c6c54)n3)c2)cc1. The molecule has 0 aliphatic heterocycles. The highest BCUT2D eigenvalue weighted by Gasteiger charge is 2.23. The topological polar surface area (TPSA) is 61.4 Å². The molecule has 6 nitrogen and oxygen atoms in total. The molecule has 0 atom stereocenters. The van der Waals surface area contributed by atoms with Crippen molar-refractivity contribution in [1.29, 1.82) is 0 Å². The number of para-hydroxylation sites is 3. The maximum atomic E-state index is 5.36. The van der Waals surface area contributed by atoms with Gasteiger partial charge in [-0.05, 0) is 65.7 Å². The van der Waals surface area contributed by atoms with Gasteiger partial charge in [-0.1, -0.05) is 140 Å². The fraction of sp³-hybridized carbons (Fsp3) is 0. The summed E-state index contributed by atoms with van der Waals surface area (Å²) in [7, 11) is 0. The van der Waals surface area contributed by atoms with Gasteiger partial charge in [-0.15, -0.1) is 11.3 Å². The molecular formula is C52H32N6S. The van der Waals surface area contributed by atoms with Crippen LogP contribution in [0.25, 0.3) is 110 Å². The normalized spacial score (nSPS) is 11.7. The van der Waals surface area contributed by atoms with Crippen LogP contribution in [0.1, 0.15) is 0 Å². The summed E-state index contributed by atoms with van der Waals surface area (Å²) in [4.78, 5) is 20.8. The lowest BCUT2D eigenvalue weighted by Gasteiger charge is -2.14. The van der Waals surface area contributed by atoms with Crippen molar-refractivity contribution in [2.24, 2.45) is 0 Å². The van der Waals surface area contributed by atoms with Crippen molar-refractivity contribution in [1.82, 2.24) is 29.1 Å². The van der Waals surface area contributed by atoms with Crippen LogP contribution >= 0.6 is 11.3 Å². The highest BCUT2D eigenvalue weighted by molar-refractivity contribution is 7.21. The molecule has 7 heteroatoms.